The van der Waals surface area contributed by atoms with Gasteiger partial charge in [0.05, 0.1) is 29.4 Å². The number of nitrogens with one attached hydrogen (secondary N) is 1. The summed E-state index contributed by atoms with van der Waals surface area (Å²) in [5, 5.41) is 47.8. The highest BCUT2D eigenvalue weighted by Crippen LogP contribution is 2.52. The summed E-state index contributed by atoms with van der Waals surface area (Å²) in [6.45, 7) is 2.69. The summed E-state index contributed by atoms with van der Waals surface area (Å²) in [4.78, 5) is 52.5. The number of phenolic OH excluding ortho intramolecular Hbond substituents is 2. The standard InChI is InChI=1S/C33H30FNO10/c1-14-27(37)21(35-32(42)16-7-9-17(34)10-8-16)11-23(44-14)45-22-13-33(43,15(2)36)12-20-24(22)31(41)26-25(30(20)40)28(38)18-5-3-4-6-19(18)29(26)39/h3-10,14,21-23,27,37,40-41,43H,11-13H2,1-2H3,(H,35,42)/t14-,21-,22-,23-,27+,33-/m0/s1. The van der Waals surface area contributed by atoms with Gasteiger partial charge in [-0.05, 0) is 38.1 Å². The minimum absolute atomic E-state index is 0.0342. The number of ketones is 3. The molecule has 45 heavy (non-hydrogen) atoms. The van der Waals surface area contributed by atoms with Crippen LogP contribution >= 0.6 is 0 Å². The fourth-order valence-electron chi connectivity index (χ4n) is 6.38. The Morgan fingerprint density at radius 1 is 1.00 bits per heavy atom. The van der Waals surface area contributed by atoms with Crippen LogP contribution in [0.25, 0.3) is 0 Å². The van der Waals surface area contributed by atoms with E-state index < -0.39 is 101 Å². The van der Waals surface area contributed by atoms with E-state index in [1.165, 1.54) is 24.3 Å². The van der Waals surface area contributed by atoms with Crippen molar-refractivity contribution in [3.63, 3.8) is 0 Å². The van der Waals surface area contributed by atoms with Gasteiger partial charge in [-0.3, -0.25) is 19.2 Å². The third-order valence-electron chi connectivity index (χ3n) is 8.87. The fraction of sp³-hybridized carbons (Fsp3) is 0.333. The molecule has 0 bridgehead atoms. The van der Waals surface area contributed by atoms with Crippen LogP contribution in [0.5, 0.6) is 11.5 Å². The molecule has 0 spiro atoms. The van der Waals surface area contributed by atoms with E-state index in [4.69, 9.17) is 9.47 Å². The number of aromatic hydroxyl groups is 2. The van der Waals surface area contributed by atoms with Crippen molar-refractivity contribution in [1.29, 1.82) is 0 Å². The zero-order valence-electron chi connectivity index (χ0n) is 24.2. The molecule has 3 aliphatic rings. The van der Waals surface area contributed by atoms with E-state index in [1.54, 1.807) is 19.1 Å². The molecule has 0 unspecified atom stereocenters. The van der Waals surface area contributed by atoms with Crippen LogP contribution in [0.2, 0.25) is 0 Å². The number of phenols is 2. The number of Topliss-reactive ketones (excluding diaryl/α,β-unsaturated/α-hetero) is 1. The van der Waals surface area contributed by atoms with Crippen LogP contribution in [-0.2, 0) is 20.7 Å². The van der Waals surface area contributed by atoms with Gasteiger partial charge in [0.25, 0.3) is 5.91 Å². The smallest absolute Gasteiger partial charge is 0.251 e. The second-order valence-corrected chi connectivity index (χ2v) is 11.7. The predicted octanol–water partition coefficient (Wildman–Crippen LogP) is 2.63. The molecule has 2 aliphatic carbocycles. The fourth-order valence-corrected chi connectivity index (χ4v) is 6.38. The highest BCUT2D eigenvalue weighted by molar-refractivity contribution is 6.30. The summed E-state index contributed by atoms with van der Waals surface area (Å²) in [7, 11) is 0. The van der Waals surface area contributed by atoms with E-state index in [0.717, 1.165) is 19.1 Å². The topological polar surface area (TPSA) is 180 Å². The Labute approximate surface area is 256 Å². The number of carbonyl (C=O) groups is 4. The van der Waals surface area contributed by atoms with Crippen LogP contribution in [0.15, 0.2) is 48.5 Å². The first-order valence-corrected chi connectivity index (χ1v) is 14.4. The summed E-state index contributed by atoms with van der Waals surface area (Å²) in [5.74, 6) is -4.46. The number of aliphatic hydroxyl groups excluding tert-OH is 1. The minimum Gasteiger partial charge on any atom is -0.507 e. The van der Waals surface area contributed by atoms with Crippen LogP contribution in [0.3, 0.4) is 0 Å². The first kappa shape index (κ1) is 30.5. The maximum atomic E-state index is 13.5. The summed E-state index contributed by atoms with van der Waals surface area (Å²) >= 11 is 0. The van der Waals surface area contributed by atoms with E-state index in [-0.39, 0.29) is 34.2 Å². The van der Waals surface area contributed by atoms with Crippen molar-refractivity contribution in [1.82, 2.24) is 5.32 Å². The SMILES string of the molecule is CC(=O)[C@]1(O)Cc2c(O)c3c(c(O)c2[C@@H](O[C@H]2C[C@H](NC(=O)c4ccc(F)cc4)[C@H](O)[C@H](C)O2)C1)C(=O)c1ccccc1C3=O. The number of hydrogen-bond donors (Lipinski definition) is 5. The number of aliphatic hydroxyl groups is 2. The van der Waals surface area contributed by atoms with Gasteiger partial charge in [-0.2, -0.15) is 0 Å². The lowest BCUT2D eigenvalue weighted by atomic mass is 9.72. The van der Waals surface area contributed by atoms with Crippen molar-refractivity contribution in [2.75, 3.05) is 0 Å². The molecule has 1 fully saturated rings. The van der Waals surface area contributed by atoms with Crippen LogP contribution < -0.4 is 5.32 Å². The van der Waals surface area contributed by atoms with Gasteiger partial charge in [0.2, 0.25) is 0 Å². The number of ether oxygens (including phenoxy) is 2. The van der Waals surface area contributed by atoms with Crippen molar-refractivity contribution in [2.45, 2.75) is 69.4 Å². The second kappa shape index (κ2) is 11.1. The molecule has 12 heteroatoms. The zero-order valence-corrected chi connectivity index (χ0v) is 24.2. The van der Waals surface area contributed by atoms with Crippen molar-refractivity contribution in [2.24, 2.45) is 0 Å². The monoisotopic (exact) mass is 619 g/mol. The molecule has 3 aromatic carbocycles. The minimum atomic E-state index is -2.08. The van der Waals surface area contributed by atoms with E-state index in [9.17, 15) is 44.0 Å². The average Bonchev–Trinajstić information content (AvgIpc) is 3.00. The van der Waals surface area contributed by atoms with Crippen LogP contribution in [0, 0.1) is 5.82 Å². The molecule has 11 nitrogen and oxygen atoms in total. The Morgan fingerprint density at radius 3 is 2.20 bits per heavy atom. The largest absolute Gasteiger partial charge is 0.507 e. The van der Waals surface area contributed by atoms with Crippen molar-refractivity contribution in [3.8, 4) is 11.5 Å². The Bertz CT molecular complexity index is 1760. The normalized spacial score (nSPS) is 27.3. The number of hydrogen-bond acceptors (Lipinski definition) is 10. The molecule has 1 amide bonds. The van der Waals surface area contributed by atoms with Gasteiger partial charge in [0.15, 0.2) is 23.6 Å². The summed E-state index contributed by atoms with van der Waals surface area (Å²) in [6.07, 6.45) is -5.54. The number of carbonyl (C=O) groups excluding carboxylic acids is 4. The molecule has 0 saturated carbocycles. The average molecular weight is 620 g/mol. The van der Waals surface area contributed by atoms with Crippen LogP contribution in [-0.4, -0.2) is 73.8 Å². The molecule has 1 heterocycles. The van der Waals surface area contributed by atoms with Gasteiger partial charge in [0.1, 0.15) is 29.0 Å². The molecule has 234 valence electrons. The lowest BCUT2D eigenvalue weighted by Crippen LogP contribution is -2.55. The Balaban J connectivity index is 1.37. The lowest BCUT2D eigenvalue weighted by Gasteiger charge is -2.42. The zero-order chi connectivity index (χ0) is 32.4. The van der Waals surface area contributed by atoms with Gasteiger partial charge >= 0.3 is 0 Å². The molecule has 0 aromatic heterocycles. The third kappa shape index (κ3) is 5.09. The number of benzene rings is 3. The molecule has 6 rings (SSSR count). The Hall–Kier alpha value is -4.49. The maximum absolute atomic E-state index is 13.5. The lowest BCUT2D eigenvalue weighted by molar-refractivity contribution is -0.248. The summed E-state index contributed by atoms with van der Waals surface area (Å²) in [6, 6.07) is 9.88. The predicted molar refractivity (Wildman–Crippen MR) is 153 cm³/mol. The van der Waals surface area contributed by atoms with E-state index in [0.29, 0.717) is 0 Å². The Kier molecular flexibility index (Phi) is 7.56. The van der Waals surface area contributed by atoms with Gasteiger partial charge in [-0.1, -0.05) is 24.3 Å². The third-order valence-corrected chi connectivity index (χ3v) is 8.87. The summed E-state index contributed by atoms with van der Waals surface area (Å²) in [5.41, 5.74) is -2.93. The summed E-state index contributed by atoms with van der Waals surface area (Å²) < 4.78 is 25.4. The van der Waals surface area contributed by atoms with Crippen LogP contribution in [0.4, 0.5) is 4.39 Å². The number of fused-ring (bicyclic) bond motifs is 3. The highest BCUT2D eigenvalue weighted by Gasteiger charge is 2.49. The molecule has 0 radical (unpaired) electrons. The molecule has 1 saturated heterocycles. The number of amides is 1. The number of rotatable bonds is 5. The van der Waals surface area contributed by atoms with Crippen molar-refractivity contribution < 1.29 is 53.5 Å². The first-order chi connectivity index (χ1) is 21.3. The number of halogens is 1. The van der Waals surface area contributed by atoms with Gasteiger partial charge in [-0.25, -0.2) is 4.39 Å². The van der Waals surface area contributed by atoms with E-state index in [1.807, 2.05) is 0 Å². The maximum Gasteiger partial charge on any atom is 0.251 e. The highest BCUT2D eigenvalue weighted by atomic mass is 19.1. The van der Waals surface area contributed by atoms with Gasteiger partial charge < -0.3 is 35.2 Å². The Morgan fingerprint density at radius 2 is 1.60 bits per heavy atom. The quantitative estimate of drug-likeness (QED) is 0.209. The molecule has 3 aromatic rings. The molecular weight excluding hydrogens is 589 g/mol. The van der Waals surface area contributed by atoms with E-state index in [2.05, 4.69) is 5.32 Å². The molecular formula is C33H30FNO10. The van der Waals surface area contributed by atoms with Gasteiger partial charge in [-0.15, -0.1) is 0 Å². The van der Waals surface area contributed by atoms with Crippen molar-refractivity contribution in [3.05, 3.63) is 93.3 Å². The van der Waals surface area contributed by atoms with E-state index >= 15 is 0 Å². The molecule has 6 atom stereocenters. The van der Waals surface area contributed by atoms with Gasteiger partial charge in [0, 0.05) is 47.1 Å². The molecule has 5 N–H and O–H groups in total. The second-order valence-electron chi connectivity index (χ2n) is 11.7. The van der Waals surface area contributed by atoms with Crippen molar-refractivity contribution >= 4 is 23.3 Å². The van der Waals surface area contributed by atoms with Crippen LogP contribution in [0.1, 0.15) is 86.1 Å². The first-order valence-electron chi connectivity index (χ1n) is 14.4. The molecule has 1 aliphatic heterocycles.